The summed E-state index contributed by atoms with van der Waals surface area (Å²) in [5.74, 6) is -0.260. The third-order valence-electron chi connectivity index (χ3n) is 2.22. The van der Waals surface area contributed by atoms with E-state index in [1.54, 1.807) is 0 Å². The van der Waals surface area contributed by atoms with Gasteiger partial charge >= 0.3 is 0 Å². The van der Waals surface area contributed by atoms with E-state index in [0.717, 1.165) is 26.1 Å². The molecule has 0 spiro atoms. The van der Waals surface area contributed by atoms with Gasteiger partial charge in [0.15, 0.2) is 0 Å². The van der Waals surface area contributed by atoms with Crippen LogP contribution in [-0.4, -0.2) is 43.7 Å². The number of rotatable bonds is 3. The van der Waals surface area contributed by atoms with Crippen LogP contribution in [0.2, 0.25) is 0 Å². The number of nitrogens with zero attached hydrogens (tertiary/aromatic N) is 1. The first kappa shape index (κ1) is 9.48. The van der Waals surface area contributed by atoms with E-state index in [1.165, 1.54) is 0 Å². The molecule has 0 unspecified atom stereocenters. The molecule has 4 heteroatoms. The van der Waals surface area contributed by atoms with E-state index in [0.29, 0.717) is 12.6 Å². The van der Waals surface area contributed by atoms with Gasteiger partial charge in [0, 0.05) is 19.3 Å². The monoisotopic (exact) mass is 172 g/mol. The molecule has 1 aliphatic heterocycles. The van der Waals surface area contributed by atoms with E-state index < -0.39 is 0 Å². The van der Waals surface area contributed by atoms with Crippen LogP contribution in [0.1, 0.15) is 12.8 Å². The molecule has 12 heavy (non-hydrogen) atoms. The van der Waals surface area contributed by atoms with Gasteiger partial charge in [-0.2, -0.15) is 0 Å². The summed E-state index contributed by atoms with van der Waals surface area (Å²) in [6.45, 7) is 1.95. The fraction of sp³-hybridized carbons (Fsp3) is 0.875. The highest BCUT2D eigenvalue weighted by molar-refractivity contribution is 5.75. The number of hydrogen-bond acceptors (Lipinski definition) is 3. The number of carbonyl (C=O) groups excluding carboxylic acids is 1. The van der Waals surface area contributed by atoms with Gasteiger partial charge in [-0.1, -0.05) is 0 Å². The first-order chi connectivity index (χ1) is 5.70. The van der Waals surface area contributed by atoms with E-state index in [9.17, 15) is 4.79 Å². The zero-order chi connectivity index (χ0) is 8.97. The lowest BCUT2D eigenvalue weighted by Gasteiger charge is -2.30. The molecule has 1 fully saturated rings. The van der Waals surface area contributed by atoms with Gasteiger partial charge < -0.3 is 10.5 Å². The lowest BCUT2D eigenvalue weighted by Crippen LogP contribution is -2.41. The maximum atomic E-state index is 10.6. The quantitative estimate of drug-likeness (QED) is 0.629. The van der Waals surface area contributed by atoms with Gasteiger partial charge in [0.1, 0.15) is 0 Å². The second kappa shape index (κ2) is 4.42. The standard InChI is InChI=1S/C8H16N2O2/c1-10(6-8(9)11)7-2-4-12-5-3-7/h7H,2-6H2,1H3,(H2,9,11). The minimum atomic E-state index is -0.260. The van der Waals surface area contributed by atoms with Gasteiger partial charge in [0.25, 0.3) is 0 Å². The van der Waals surface area contributed by atoms with Crippen molar-refractivity contribution in [2.45, 2.75) is 18.9 Å². The predicted octanol–water partition coefficient (Wildman–Crippen LogP) is -0.417. The van der Waals surface area contributed by atoms with Crippen LogP contribution in [0.4, 0.5) is 0 Å². The van der Waals surface area contributed by atoms with Crippen molar-refractivity contribution in [3.63, 3.8) is 0 Å². The molecule has 0 saturated carbocycles. The average molecular weight is 172 g/mol. The van der Waals surface area contributed by atoms with Crippen LogP contribution in [-0.2, 0) is 9.53 Å². The van der Waals surface area contributed by atoms with Crippen LogP contribution in [0.25, 0.3) is 0 Å². The van der Waals surface area contributed by atoms with Crippen molar-refractivity contribution in [2.24, 2.45) is 5.73 Å². The lowest BCUT2D eigenvalue weighted by molar-refractivity contribution is -0.119. The minimum Gasteiger partial charge on any atom is -0.381 e. The van der Waals surface area contributed by atoms with Crippen LogP contribution >= 0.6 is 0 Å². The van der Waals surface area contributed by atoms with Crippen molar-refractivity contribution < 1.29 is 9.53 Å². The Labute approximate surface area is 72.7 Å². The summed E-state index contributed by atoms with van der Waals surface area (Å²) in [5, 5.41) is 0. The van der Waals surface area contributed by atoms with Gasteiger partial charge in [-0.05, 0) is 19.9 Å². The SMILES string of the molecule is CN(CC(N)=O)C1CCOCC1. The number of amides is 1. The Bertz CT molecular complexity index is 155. The molecule has 0 bridgehead atoms. The van der Waals surface area contributed by atoms with Crippen molar-refractivity contribution in [1.29, 1.82) is 0 Å². The number of carbonyl (C=O) groups is 1. The molecule has 1 aliphatic rings. The van der Waals surface area contributed by atoms with E-state index in [-0.39, 0.29) is 5.91 Å². The molecular weight excluding hydrogens is 156 g/mol. The summed E-state index contributed by atoms with van der Waals surface area (Å²) in [7, 11) is 1.93. The first-order valence-corrected chi connectivity index (χ1v) is 4.26. The Balaban J connectivity index is 2.29. The fourth-order valence-electron chi connectivity index (χ4n) is 1.50. The number of likely N-dealkylation sites (N-methyl/N-ethyl adjacent to an activating group) is 1. The number of nitrogens with two attached hydrogens (primary N) is 1. The summed E-state index contributed by atoms with van der Waals surface area (Å²) >= 11 is 0. The molecular formula is C8H16N2O2. The fourth-order valence-corrected chi connectivity index (χ4v) is 1.50. The molecule has 0 radical (unpaired) electrons. The van der Waals surface area contributed by atoms with Crippen LogP contribution in [0.3, 0.4) is 0 Å². The van der Waals surface area contributed by atoms with Crippen molar-refractivity contribution in [2.75, 3.05) is 26.8 Å². The third kappa shape index (κ3) is 2.79. The molecule has 1 heterocycles. The highest BCUT2D eigenvalue weighted by atomic mass is 16.5. The molecule has 0 atom stereocenters. The second-order valence-corrected chi connectivity index (χ2v) is 3.22. The van der Waals surface area contributed by atoms with Crippen LogP contribution in [0.15, 0.2) is 0 Å². The first-order valence-electron chi connectivity index (χ1n) is 4.26. The lowest BCUT2D eigenvalue weighted by atomic mass is 10.1. The summed E-state index contributed by atoms with van der Waals surface area (Å²) in [6, 6.07) is 0.464. The minimum absolute atomic E-state index is 0.260. The second-order valence-electron chi connectivity index (χ2n) is 3.22. The van der Waals surface area contributed by atoms with Crippen molar-refractivity contribution in [1.82, 2.24) is 4.90 Å². The number of ether oxygens (including phenoxy) is 1. The third-order valence-corrected chi connectivity index (χ3v) is 2.22. The number of primary amides is 1. The molecule has 0 aromatic heterocycles. The Kier molecular flexibility index (Phi) is 3.49. The molecule has 1 saturated heterocycles. The Hall–Kier alpha value is -0.610. The molecule has 70 valence electrons. The van der Waals surface area contributed by atoms with E-state index in [4.69, 9.17) is 10.5 Å². The topological polar surface area (TPSA) is 55.6 Å². The zero-order valence-corrected chi connectivity index (χ0v) is 7.45. The van der Waals surface area contributed by atoms with E-state index in [2.05, 4.69) is 0 Å². The molecule has 0 aromatic carbocycles. The highest BCUT2D eigenvalue weighted by Gasteiger charge is 2.18. The maximum absolute atomic E-state index is 10.6. The summed E-state index contributed by atoms with van der Waals surface area (Å²) in [4.78, 5) is 12.6. The Morgan fingerprint density at radius 3 is 2.67 bits per heavy atom. The summed E-state index contributed by atoms with van der Waals surface area (Å²) < 4.78 is 5.21. The average Bonchev–Trinajstić information content (AvgIpc) is 2.05. The van der Waals surface area contributed by atoms with Crippen LogP contribution in [0.5, 0.6) is 0 Å². The van der Waals surface area contributed by atoms with E-state index >= 15 is 0 Å². The van der Waals surface area contributed by atoms with Gasteiger partial charge in [-0.15, -0.1) is 0 Å². The number of hydrogen-bond donors (Lipinski definition) is 1. The van der Waals surface area contributed by atoms with Gasteiger partial charge in [-0.3, -0.25) is 9.69 Å². The summed E-state index contributed by atoms with van der Waals surface area (Å²) in [5.41, 5.74) is 5.09. The summed E-state index contributed by atoms with van der Waals surface area (Å²) in [6.07, 6.45) is 2.01. The molecule has 1 rings (SSSR count). The normalized spacial score (nSPS) is 19.8. The van der Waals surface area contributed by atoms with Crippen molar-refractivity contribution >= 4 is 5.91 Å². The van der Waals surface area contributed by atoms with Gasteiger partial charge in [0.05, 0.1) is 6.54 Å². The van der Waals surface area contributed by atoms with Gasteiger partial charge in [0.2, 0.25) is 5.91 Å². The Morgan fingerprint density at radius 2 is 2.17 bits per heavy atom. The smallest absolute Gasteiger partial charge is 0.231 e. The molecule has 2 N–H and O–H groups in total. The van der Waals surface area contributed by atoms with Gasteiger partial charge in [-0.25, -0.2) is 0 Å². The maximum Gasteiger partial charge on any atom is 0.231 e. The molecule has 1 amide bonds. The van der Waals surface area contributed by atoms with Crippen molar-refractivity contribution in [3.8, 4) is 0 Å². The molecule has 4 nitrogen and oxygen atoms in total. The largest absolute Gasteiger partial charge is 0.381 e. The molecule has 0 aromatic rings. The van der Waals surface area contributed by atoms with E-state index in [1.807, 2.05) is 11.9 Å². The zero-order valence-electron chi connectivity index (χ0n) is 7.45. The predicted molar refractivity (Wildman–Crippen MR) is 45.7 cm³/mol. The van der Waals surface area contributed by atoms with Crippen LogP contribution < -0.4 is 5.73 Å². The van der Waals surface area contributed by atoms with Crippen molar-refractivity contribution in [3.05, 3.63) is 0 Å². The highest BCUT2D eigenvalue weighted by Crippen LogP contribution is 2.11. The molecule has 0 aliphatic carbocycles. The Morgan fingerprint density at radius 1 is 1.58 bits per heavy atom. The van der Waals surface area contributed by atoms with Crippen LogP contribution in [0, 0.1) is 0 Å².